The zero-order chi connectivity index (χ0) is 16.1. The number of nitrogens with zero attached hydrogens (tertiary/aromatic N) is 1. The van der Waals surface area contributed by atoms with Crippen molar-refractivity contribution < 1.29 is 51.0 Å². The number of amides is 1. The third-order valence-electron chi connectivity index (χ3n) is 3.02. The maximum absolute atomic E-state index is 12.7. The van der Waals surface area contributed by atoms with Crippen molar-refractivity contribution in [3.8, 4) is 18.1 Å². The van der Waals surface area contributed by atoms with E-state index in [9.17, 15) is 13.6 Å². The molecular weight excluding hydrogens is 492 g/mol. The minimum absolute atomic E-state index is 0. The Morgan fingerprint density at radius 1 is 1.43 bits per heavy atom. The molecule has 0 saturated heterocycles. The smallest absolute Gasteiger partial charge is 0.256 e. The SMILES string of the molecule is C#CCOc1ccc(C2=[C-]CC(I)C(=O)N2CC(F)F)cc1.[Y]. The molecule has 1 radical (unpaired) electrons. The fourth-order valence-corrected chi connectivity index (χ4v) is 2.62. The number of alkyl halides is 3. The topological polar surface area (TPSA) is 29.5 Å². The van der Waals surface area contributed by atoms with Gasteiger partial charge in [-0.05, 0) is 12.1 Å². The molecule has 3 nitrogen and oxygen atoms in total. The standard InChI is InChI=1S/C16H13F2INO2.Y/c1-2-9-22-12-5-3-11(4-6-12)14-8-7-13(19)16(21)20(14)10-15(17)18;/h1,3-6,13,15H,7,9-10H2;/q-1;. The van der Waals surface area contributed by atoms with Crippen LogP contribution in [0.2, 0.25) is 0 Å². The predicted octanol–water partition coefficient (Wildman–Crippen LogP) is 3.14. The molecule has 23 heavy (non-hydrogen) atoms. The Bertz CT molecular complexity index is 614. The Morgan fingerprint density at radius 2 is 2.09 bits per heavy atom. The molecule has 1 unspecified atom stereocenters. The van der Waals surface area contributed by atoms with E-state index in [0.29, 0.717) is 23.4 Å². The third kappa shape index (κ3) is 5.51. The Kier molecular flexibility index (Phi) is 8.66. The number of hydrogen-bond donors (Lipinski definition) is 0. The van der Waals surface area contributed by atoms with Crippen LogP contribution in [-0.2, 0) is 37.5 Å². The van der Waals surface area contributed by atoms with Gasteiger partial charge in [0.15, 0.2) is 0 Å². The number of carbonyl (C=O) groups excluding carboxylic acids is 1. The molecular formula is C16H13F2INO2Y-. The van der Waals surface area contributed by atoms with E-state index in [0.717, 1.165) is 4.90 Å². The monoisotopic (exact) mass is 505 g/mol. The van der Waals surface area contributed by atoms with Gasteiger partial charge >= 0.3 is 0 Å². The van der Waals surface area contributed by atoms with Gasteiger partial charge in [0, 0.05) is 32.7 Å². The normalized spacial score (nSPS) is 17.3. The number of rotatable bonds is 5. The van der Waals surface area contributed by atoms with Crippen molar-refractivity contribution in [2.45, 2.75) is 16.8 Å². The van der Waals surface area contributed by atoms with E-state index in [1.807, 2.05) is 22.6 Å². The molecule has 0 bridgehead atoms. The van der Waals surface area contributed by atoms with Gasteiger partial charge in [0.2, 0.25) is 5.91 Å². The van der Waals surface area contributed by atoms with Crippen molar-refractivity contribution in [2.24, 2.45) is 0 Å². The fraction of sp³-hybridized carbons (Fsp3) is 0.312. The van der Waals surface area contributed by atoms with Crippen LogP contribution in [-0.4, -0.2) is 34.3 Å². The first kappa shape index (κ1) is 20.5. The van der Waals surface area contributed by atoms with Crippen LogP contribution in [0.4, 0.5) is 8.78 Å². The quantitative estimate of drug-likeness (QED) is 0.267. The van der Waals surface area contributed by atoms with Crippen molar-refractivity contribution in [3.63, 3.8) is 0 Å². The zero-order valence-corrected chi connectivity index (χ0v) is 17.1. The summed E-state index contributed by atoms with van der Waals surface area (Å²) in [6.45, 7) is -0.476. The number of ether oxygens (including phenoxy) is 1. The van der Waals surface area contributed by atoms with Gasteiger partial charge in [0.05, 0.1) is 10.5 Å². The Balaban J connectivity index is 0.00000264. The summed E-state index contributed by atoms with van der Waals surface area (Å²) in [5, 5.41) is 0. The molecule has 0 spiro atoms. The second-order valence-corrected chi connectivity index (χ2v) is 6.06. The summed E-state index contributed by atoms with van der Waals surface area (Å²) in [6, 6.07) is 6.77. The van der Waals surface area contributed by atoms with Crippen LogP contribution in [0.3, 0.4) is 0 Å². The third-order valence-corrected chi connectivity index (χ3v) is 4.00. The van der Waals surface area contributed by atoms with Crippen LogP contribution in [0, 0.1) is 18.4 Å². The average Bonchev–Trinajstić information content (AvgIpc) is 2.50. The van der Waals surface area contributed by atoms with Gasteiger partial charge in [0.1, 0.15) is 12.4 Å². The van der Waals surface area contributed by atoms with Crippen molar-refractivity contribution in [2.75, 3.05) is 13.2 Å². The molecule has 0 saturated carbocycles. The number of allylic oxidation sites excluding steroid dienone is 1. The van der Waals surface area contributed by atoms with Crippen molar-refractivity contribution in [1.29, 1.82) is 0 Å². The van der Waals surface area contributed by atoms with E-state index < -0.39 is 13.0 Å². The van der Waals surface area contributed by atoms with Gasteiger partial charge in [0.25, 0.3) is 6.43 Å². The average molecular weight is 505 g/mol. The largest absolute Gasteiger partial charge is 0.481 e. The molecule has 0 N–H and O–H groups in total. The summed E-state index contributed by atoms with van der Waals surface area (Å²) < 4.78 is 30.4. The Labute approximate surface area is 172 Å². The van der Waals surface area contributed by atoms with Crippen LogP contribution in [0.15, 0.2) is 24.3 Å². The minimum atomic E-state index is -2.60. The summed E-state index contributed by atoms with van der Waals surface area (Å²) in [4.78, 5) is 13.2. The summed E-state index contributed by atoms with van der Waals surface area (Å²) in [7, 11) is 0. The summed E-state index contributed by atoms with van der Waals surface area (Å²) in [5.41, 5.74) is 1.03. The molecule has 0 aliphatic carbocycles. The van der Waals surface area contributed by atoms with Crippen LogP contribution in [0.25, 0.3) is 5.70 Å². The molecule has 7 heteroatoms. The molecule has 119 valence electrons. The van der Waals surface area contributed by atoms with E-state index in [2.05, 4.69) is 12.0 Å². The van der Waals surface area contributed by atoms with Gasteiger partial charge in [-0.15, -0.1) is 24.3 Å². The molecule has 1 aromatic rings. The van der Waals surface area contributed by atoms with Crippen LogP contribution < -0.4 is 4.74 Å². The predicted molar refractivity (Wildman–Crippen MR) is 87.6 cm³/mol. The number of benzene rings is 1. The van der Waals surface area contributed by atoms with Gasteiger partial charge < -0.3 is 9.64 Å². The molecule has 1 amide bonds. The van der Waals surface area contributed by atoms with Gasteiger partial charge in [-0.25, -0.2) is 14.9 Å². The second-order valence-electron chi connectivity index (χ2n) is 4.55. The summed E-state index contributed by atoms with van der Waals surface area (Å²) in [6.07, 6.45) is 5.96. The second kappa shape index (κ2) is 9.70. The maximum Gasteiger partial charge on any atom is 0.256 e. The Hall–Kier alpha value is -0.516. The fourth-order valence-electron chi connectivity index (χ4n) is 2.06. The van der Waals surface area contributed by atoms with E-state index in [1.165, 1.54) is 0 Å². The van der Waals surface area contributed by atoms with Crippen LogP contribution >= 0.6 is 22.6 Å². The number of carbonyl (C=O) groups is 1. The molecule has 1 heterocycles. The molecule has 0 aromatic heterocycles. The molecule has 1 aliphatic rings. The van der Waals surface area contributed by atoms with E-state index >= 15 is 0 Å². The van der Waals surface area contributed by atoms with Crippen molar-refractivity contribution in [1.82, 2.24) is 4.90 Å². The first-order chi connectivity index (χ1) is 10.5. The summed E-state index contributed by atoms with van der Waals surface area (Å²) >= 11 is 1.94. The van der Waals surface area contributed by atoms with E-state index in [4.69, 9.17) is 11.2 Å². The van der Waals surface area contributed by atoms with Crippen LogP contribution in [0.5, 0.6) is 5.75 Å². The van der Waals surface area contributed by atoms with Crippen molar-refractivity contribution >= 4 is 34.2 Å². The van der Waals surface area contributed by atoms with Gasteiger partial charge in [-0.2, -0.15) is 5.56 Å². The summed E-state index contributed by atoms with van der Waals surface area (Å²) in [5.74, 6) is 2.62. The molecule has 1 aromatic carbocycles. The first-order valence-corrected chi connectivity index (χ1v) is 7.78. The molecule has 1 aliphatic heterocycles. The van der Waals surface area contributed by atoms with E-state index in [-0.39, 0.29) is 49.1 Å². The zero-order valence-electron chi connectivity index (χ0n) is 12.1. The van der Waals surface area contributed by atoms with Gasteiger partial charge in [-0.3, -0.25) is 4.79 Å². The number of hydrogen-bond acceptors (Lipinski definition) is 2. The van der Waals surface area contributed by atoms with E-state index in [1.54, 1.807) is 24.3 Å². The Morgan fingerprint density at radius 3 is 2.65 bits per heavy atom. The molecule has 0 fully saturated rings. The van der Waals surface area contributed by atoms with Gasteiger partial charge in [-0.1, -0.05) is 34.9 Å². The minimum Gasteiger partial charge on any atom is -0.481 e. The maximum atomic E-state index is 12.7. The number of terminal acetylenes is 1. The molecule has 2 rings (SSSR count). The van der Waals surface area contributed by atoms with Crippen LogP contribution in [0.1, 0.15) is 12.0 Å². The molecule has 1 atom stereocenters. The van der Waals surface area contributed by atoms with Crippen molar-refractivity contribution in [3.05, 3.63) is 35.9 Å². The number of halogens is 3. The first-order valence-electron chi connectivity index (χ1n) is 6.54.